The van der Waals surface area contributed by atoms with Crippen molar-refractivity contribution in [3.8, 4) is 33.4 Å². The largest absolute Gasteiger partial charge is 0.455 e. The standard InChI is InChI=1S/C53H37NO/c1-53(2)47-18-8-7-16-46(47)51-48(53)19-10-20-49(51)54(40-29-23-37(24-30-40)42-17-9-13-35-11-3-5-14-41(35)42)39-27-21-34(22-28-39)38-26-31-44-45-32-25-36-12-4-6-15-43(36)52(45)55-50(44)33-38/h3-33H,1-2H3. The zero-order valence-electron chi connectivity index (χ0n) is 30.8. The summed E-state index contributed by atoms with van der Waals surface area (Å²) in [6.07, 6.45) is 0. The van der Waals surface area contributed by atoms with Gasteiger partial charge in [0.05, 0.1) is 5.69 Å². The van der Waals surface area contributed by atoms with Crippen LogP contribution in [0.3, 0.4) is 0 Å². The smallest absolute Gasteiger partial charge is 0.143 e. The third-order valence-electron chi connectivity index (χ3n) is 11.9. The Balaban J connectivity index is 1.04. The van der Waals surface area contributed by atoms with Gasteiger partial charge < -0.3 is 9.32 Å². The minimum absolute atomic E-state index is 0.0999. The second-order valence-corrected chi connectivity index (χ2v) is 15.3. The lowest BCUT2D eigenvalue weighted by Crippen LogP contribution is -2.16. The van der Waals surface area contributed by atoms with Crippen LogP contribution in [-0.4, -0.2) is 0 Å². The zero-order chi connectivity index (χ0) is 36.7. The van der Waals surface area contributed by atoms with Crippen molar-refractivity contribution in [2.24, 2.45) is 0 Å². The van der Waals surface area contributed by atoms with Gasteiger partial charge in [0.2, 0.25) is 0 Å². The Kier molecular flexibility index (Phi) is 6.93. The predicted octanol–water partition coefficient (Wildman–Crippen LogP) is 15.0. The fourth-order valence-electron chi connectivity index (χ4n) is 9.10. The van der Waals surface area contributed by atoms with Crippen LogP contribution in [0, 0.1) is 0 Å². The van der Waals surface area contributed by atoms with Gasteiger partial charge in [0.25, 0.3) is 0 Å². The normalized spacial score (nSPS) is 13.1. The first-order valence-electron chi connectivity index (χ1n) is 19.1. The Morgan fingerprint density at radius 3 is 1.80 bits per heavy atom. The minimum Gasteiger partial charge on any atom is -0.455 e. The maximum atomic E-state index is 6.55. The number of nitrogens with zero attached hydrogens (tertiary/aromatic N) is 1. The number of hydrogen-bond acceptors (Lipinski definition) is 2. The highest BCUT2D eigenvalue weighted by Crippen LogP contribution is 2.54. The molecule has 0 bridgehead atoms. The Bertz CT molecular complexity index is 3110. The van der Waals surface area contributed by atoms with Crippen molar-refractivity contribution in [2.45, 2.75) is 19.3 Å². The van der Waals surface area contributed by atoms with Crippen LogP contribution in [0.25, 0.3) is 76.9 Å². The van der Waals surface area contributed by atoms with Crippen LogP contribution in [-0.2, 0) is 5.41 Å². The van der Waals surface area contributed by atoms with Crippen LogP contribution < -0.4 is 4.90 Å². The van der Waals surface area contributed by atoms with Crippen LogP contribution in [0.5, 0.6) is 0 Å². The van der Waals surface area contributed by atoms with Gasteiger partial charge in [-0.3, -0.25) is 0 Å². The van der Waals surface area contributed by atoms with E-state index in [4.69, 9.17) is 4.42 Å². The molecule has 0 fully saturated rings. The van der Waals surface area contributed by atoms with Crippen molar-refractivity contribution in [1.82, 2.24) is 0 Å². The van der Waals surface area contributed by atoms with Crippen molar-refractivity contribution in [3.63, 3.8) is 0 Å². The van der Waals surface area contributed by atoms with E-state index in [1.807, 2.05) is 0 Å². The number of rotatable bonds is 5. The van der Waals surface area contributed by atoms with Crippen LogP contribution >= 0.6 is 0 Å². The summed E-state index contributed by atoms with van der Waals surface area (Å²) in [4.78, 5) is 2.43. The van der Waals surface area contributed by atoms with Crippen LogP contribution in [0.15, 0.2) is 192 Å². The van der Waals surface area contributed by atoms with Crippen molar-refractivity contribution >= 4 is 60.5 Å². The number of benzene rings is 9. The van der Waals surface area contributed by atoms with Gasteiger partial charge in [-0.15, -0.1) is 0 Å². The van der Waals surface area contributed by atoms with Crippen molar-refractivity contribution in [3.05, 3.63) is 199 Å². The molecule has 0 saturated carbocycles. The molecule has 0 amide bonds. The molecule has 0 radical (unpaired) electrons. The summed E-state index contributed by atoms with van der Waals surface area (Å²) in [5.74, 6) is 0. The number of furan rings is 1. The first-order valence-corrected chi connectivity index (χ1v) is 19.1. The summed E-state index contributed by atoms with van der Waals surface area (Å²) in [5.41, 5.74) is 15.2. The van der Waals surface area contributed by atoms with Gasteiger partial charge in [-0.25, -0.2) is 0 Å². The lowest BCUT2D eigenvalue weighted by atomic mass is 9.82. The molecule has 1 aromatic heterocycles. The summed E-state index contributed by atoms with van der Waals surface area (Å²) < 4.78 is 6.55. The topological polar surface area (TPSA) is 16.4 Å². The lowest BCUT2D eigenvalue weighted by molar-refractivity contribution is 0.660. The lowest BCUT2D eigenvalue weighted by Gasteiger charge is -2.29. The summed E-state index contributed by atoms with van der Waals surface area (Å²) in [7, 11) is 0. The van der Waals surface area contributed by atoms with Gasteiger partial charge in [-0.2, -0.15) is 0 Å². The molecule has 0 saturated heterocycles. The fraction of sp³-hybridized carbons (Fsp3) is 0.0566. The summed E-state index contributed by atoms with van der Waals surface area (Å²) in [5, 5.41) is 7.14. The molecule has 0 spiro atoms. The van der Waals surface area contributed by atoms with Crippen LogP contribution in [0.1, 0.15) is 25.0 Å². The first-order chi connectivity index (χ1) is 27.0. The third kappa shape index (κ3) is 4.88. The molecule has 9 aromatic carbocycles. The molecule has 1 aliphatic carbocycles. The second-order valence-electron chi connectivity index (χ2n) is 15.3. The van der Waals surface area contributed by atoms with Gasteiger partial charge in [-0.1, -0.05) is 153 Å². The molecule has 0 N–H and O–H groups in total. The Morgan fingerprint density at radius 2 is 1.00 bits per heavy atom. The average molecular weight is 704 g/mol. The van der Waals surface area contributed by atoms with E-state index in [1.54, 1.807) is 0 Å². The maximum absolute atomic E-state index is 6.55. The summed E-state index contributed by atoms with van der Waals surface area (Å²) >= 11 is 0. The van der Waals surface area contributed by atoms with Crippen LogP contribution in [0.2, 0.25) is 0 Å². The molecule has 1 aliphatic rings. The Morgan fingerprint density at radius 1 is 0.418 bits per heavy atom. The average Bonchev–Trinajstić information content (AvgIpc) is 3.73. The molecule has 2 heteroatoms. The van der Waals surface area contributed by atoms with E-state index in [9.17, 15) is 0 Å². The molecular formula is C53H37NO. The highest BCUT2D eigenvalue weighted by atomic mass is 16.3. The first kappa shape index (κ1) is 31.6. The maximum Gasteiger partial charge on any atom is 0.143 e. The Labute approximate surface area is 320 Å². The fourth-order valence-corrected chi connectivity index (χ4v) is 9.10. The molecular weight excluding hydrogens is 667 g/mol. The molecule has 10 aromatic rings. The zero-order valence-corrected chi connectivity index (χ0v) is 30.8. The predicted molar refractivity (Wildman–Crippen MR) is 232 cm³/mol. The highest BCUT2D eigenvalue weighted by Gasteiger charge is 2.37. The summed E-state index contributed by atoms with van der Waals surface area (Å²) in [6.45, 7) is 4.70. The van der Waals surface area contributed by atoms with E-state index in [0.29, 0.717) is 0 Å². The number of hydrogen-bond donors (Lipinski definition) is 0. The van der Waals surface area contributed by atoms with Gasteiger partial charge in [0.15, 0.2) is 0 Å². The van der Waals surface area contributed by atoms with E-state index in [-0.39, 0.29) is 5.41 Å². The molecule has 0 aliphatic heterocycles. The van der Waals surface area contributed by atoms with E-state index in [1.165, 1.54) is 55.2 Å². The minimum atomic E-state index is -0.0999. The van der Waals surface area contributed by atoms with Gasteiger partial charge in [0, 0.05) is 38.5 Å². The van der Waals surface area contributed by atoms with Crippen LogP contribution in [0.4, 0.5) is 17.1 Å². The third-order valence-corrected chi connectivity index (χ3v) is 11.9. The SMILES string of the molecule is CC1(C)c2ccccc2-c2c(N(c3ccc(-c4ccc5c(c4)oc4c6ccccc6ccc54)cc3)c3ccc(-c4cccc5ccccc45)cc3)cccc21. The molecule has 11 rings (SSSR count). The molecule has 0 atom stereocenters. The molecule has 2 nitrogen and oxygen atoms in total. The quantitative estimate of drug-likeness (QED) is 0.177. The highest BCUT2D eigenvalue weighted by molar-refractivity contribution is 6.15. The summed E-state index contributed by atoms with van der Waals surface area (Å²) in [6, 6.07) is 68.4. The number of fused-ring (bicyclic) bond motifs is 9. The van der Waals surface area contributed by atoms with E-state index < -0.39 is 0 Å². The van der Waals surface area contributed by atoms with Gasteiger partial charge in [0.1, 0.15) is 11.2 Å². The Hall–Kier alpha value is -6.90. The van der Waals surface area contributed by atoms with E-state index >= 15 is 0 Å². The van der Waals surface area contributed by atoms with Gasteiger partial charge >= 0.3 is 0 Å². The van der Waals surface area contributed by atoms with Crippen molar-refractivity contribution in [1.29, 1.82) is 0 Å². The molecule has 0 unspecified atom stereocenters. The van der Waals surface area contributed by atoms with Crippen molar-refractivity contribution < 1.29 is 4.42 Å². The van der Waals surface area contributed by atoms with E-state index in [0.717, 1.165) is 49.8 Å². The monoisotopic (exact) mass is 703 g/mol. The molecule has 1 heterocycles. The number of anilines is 3. The second kappa shape index (κ2) is 12.1. The van der Waals surface area contributed by atoms with E-state index in [2.05, 4.69) is 207 Å². The van der Waals surface area contributed by atoms with Crippen molar-refractivity contribution in [2.75, 3.05) is 4.90 Å². The molecule has 55 heavy (non-hydrogen) atoms. The molecule has 260 valence electrons. The van der Waals surface area contributed by atoms with Gasteiger partial charge in [-0.05, 0) is 104 Å².